The summed E-state index contributed by atoms with van der Waals surface area (Å²) >= 11 is 0. The van der Waals surface area contributed by atoms with E-state index in [0.29, 0.717) is 6.42 Å². The lowest BCUT2D eigenvalue weighted by atomic mass is 10.1. The fourth-order valence-electron chi connectivity index (χ4n) is 5.63. The van der Waals surface area contributed by atoms with Crippen LogP contribution in [0, 0.1) is 0 Å². The number of unbranched alkanes of at least 4 members (excludes halogenated alkanes) is 13. The minimum Gasteiger partial charge on any atom is -0.462 e. The highest BCUT2D eigenvalue weighted by Crippen LogP contribution is 2.43. The number of carbonyl (C=O) groups excluding carboxylic acids is 2. The van der Waals surface area contributed by atoms with E-state index in [1.165, 1.54) is 57.8 Å². The molecule has 12 heteroatoms. The molecule has 4 N–H and O–H groups in total. The maximum absolute atomic E-state index is 12.6. The van der Waals surface area contributed by atoms with Crippen molar-refractivity contribution in [1.82, 2.24) is 0 Å². The van der Waals surface area contributed by atoms with Crippen LogP contribution in [-0.2, 0) is 32.7 Å². The number of aliphatic hydroxyl groups is 3. The van der Waals surface area contributed by atoms with Crippen LogP contribution in [0.15, 0.2) is 85.1 Å². The fraction of sp³-hybridized carbons (Fsp3) is 0.667. The molecule has 0 radical (unpaired) electrons. The van der Waals surface area contributed by atoms with Gasteiger partial charge in [-0.1, -0.05) is 163 Å². The van der Waals surface area contributed by atoms with Crippen molar-refractivity contribution in [3.05, 3.63) is 85.1 Å². The van der Waals surface area contributed by atoms with Gasteiger partial charge in [0.15, 0.2) is 6.10 Å². The third-order valence-electron chi connectivity index (χ3n) is 9.15. The Morgan fingerprint density at radius 3 is 1.67 bits per heavy atom. The van der Waals surface area contributed by atoms with Gasteiger partial charge in [0.2, 0.25) is 0 Å². The van der Waals surface area contributed by atoms with E-state index in [1.54, 1.807) is 12.2 Å². The number of hydrogen-bond donors (Lipinski definition) is 4. The maximum atomic E-state index is 12.6. The SMILES string of the molecule is CC/C=C\C/C=C\C/C=C\C/C=C\C/C=C\C=C/C(O)CCC(=O)OC[C@H](COP(=O)(O)OC[C@@H](O)CO)OC(=O)CCCCCCCCC/C=C\CCCCCCCC. The van der Waals surface area contributed by atoms with E-state index >= 15 is 0 Å². The Morgan fingerprint density at radius 2 is 1.10 bits per heavy atom. The molecule has 0 aliphatic heterocycles. The van der Waals surface area contributed by atoms with Crippen LogP contribution in [0.5, 0.6) is 0 Å². The zero-order valence-electron chi connectivity index (χ0n) is 37.0. The number of allylic oxidation sites excluding steroid dienone is 13. The number of phosphoric acid groups is 1. The third-order valence-corrected chi connectivity index (χ3v) is 10.1. The van der Waals surface area contributed by atoms with Crippen LogP contribution in [0.25, 0.3) is 0 Å². The lowest BCUT2D eigenvalue weighted by Gasteiger charge is -2.20. The van der Waals surface area contributed by atoms with Crippen molar-refractivity contribution >= 4 is 19.8 Å². The van der Waals surface area contributed by atoms with Crippen LogP contribution in [0.4, 0.5) is 0 Å². The second-order valence-corrected chi connectivity index (χ2v) is 16.3. The predicted octanol–water partition coefficient (Wildman–Crippen LogP) is 11.2. The van der Waals surface area contributed by atoms with Crippen LogP contribution >= 0.6 is 7.82 Å². The molecule has 60 heavy (non-hydrogen) atoms. The topological polar surface area (TPSA) is 169 Å². The van der Waals surface area contributed by atoms with Crippen molar-refractivity contribution in [2.75, 3.05) is 26.4 Å². The lowest BCUT2D eigenvalue weighted by Crippen LogP contribution is -2.30. The smallest absolute Gasteiger partial charge is 0.462 e. The van der Waals surface area contributed by atoms with Gasteiger partial charge in [-0.2, -0.15) is 0 Å². The van der Waals surface area contributed by atoms with Crippen molar-refractivity contribution < 1.29 is 52.9 Å². The Labute approximate surface area is 363 Å². The van der Waals surface area contributed by atoms with Gasteiger partial charge in [-0.05, 0) is 70.6 Å². The van der Waals surface area contributed by atoms with Gasteiger partial charge in [0, 0.05) is 12.8 Å². The maximum Gasteiger partial charge on any atom is 0.472 e. The van der Waals surface area contributed by atoms with Crippen molar-refractivity contribution in [2.45, 2.75) is 180 Å². The summed E-state index contributed by atoms with van der Waals surface area (Å²) < 4.78 is 32.6. The monoisotopic (exact) mass is 865 g/mol. The van der Waals surface area contributed by atoms with Crippen molar-refractivity contribution in [1.29, 1.82) is 0 Å². The Bertz CT molecular complexity index is 1290. The molecule has 0 fully saturated rings. The molecule has 0 spiro atoms. The molecule has 0 aromatic rings. The summed E-state index contributed by atoms with van der Waals surface area (Å²) in [4.78, 5) is 35.1. The molecule has 0 aromatic carbocycles. The Morgan fingerprint density at radius 1 is 0.583 bits per heavy atom. The number of rotatable bonds is 41. The second kappa shape index (κ2) is 42.8. The summed E-state index contributed by atoms with van der Waals surface area (Å²) in [5.41, 5.74) is 0. The summed E-state index contributed by atoms with van der Waals surface area (Å²) in [5.74, 6) is -1.22. The molecule has 0 rings (SSSR count). The Balaban J connectivity index is 4.51. The van der Waals surface area contributed by atoms with E-state index < -0.39 is 64.5 Å². The van der Waals surface area contributed by atoms with Gasteiger partial charge in [-0.15, -0.1) is 0 Å². The number of aliphatic hydroxyl groups excluding tert-OH is 3. The fourth-order valence-corrected chi connectivity index (χ4v) is 6.42. The van der Waals surface area contributed by atoms with Crippen LogP contribution in [0.1, 0.15) is 162 Å². The first-order valence-electron chi connectivity index (χ1n) is 22.7. The van der Waals surface area contributed by atoms with Gasteiger partial charge in [0.1, 0.15) is 12.7 Å². The lowest BCUT2D eigenvalue weighted by molar-refractivity contribution is -0.161. The van der Waals surface area contributed by atoms with E-state index in [0.717, 1.165) is 64.2 Å². The molecule has 0 heterocycles. The van der Waals surface area contributed by atoms with Crippen molar-refractivity contribution in [2.24, 2.45) is 0 Å². The number of hydrogen-bond acceptors (Lipinski definition) is 10. The third kappa shape index (κ3) is 41.8. The first-order valence-corrected chi connectivity index (χ1v) is 24.1. The van der Waals surface area contributed by atoms with Gasteiger partial charge in [-0.25, -0.2) is 4.57 Å². The van der Waals surface area contributed by atoms with E-state index in [4.69, 9.17) is 19.1 Å². The summed E-state index contributed by atoms with van der Waals surface area (Å²) in [6.45, 7) is 1.97. The zero-order chi connectivity index (χ0) is 44.2. The normalized spacial score (nSPS) is 15.1. The number of carbonyl (C=O) groups is 2. The largest absolute Gasteiger partial charge is 0.472 e. The quantitative estimate of drug-likeness (QED) is 0.0152. The van der Waals surface area contributed by atoms with Gasteiger partial charge in [0.05, 0.1) is 25.9 Å². The van der Waals surface area contributed by atoms with Crippen molar-refractivity contribution in [3.63, 3.8) is 0 Å². The minimum absolute atomic E-state index is 0.101. The van der Waals surface area contributed by atoms with Gasteiger partial charge in [-0.3, -0.25) is 18.6 Å². The average molecular weight is 865 g/mol. The van der Waals surface area contributed by atoms with E-state index in [9.17, 15) is 29.3 Å². The molecule has 0 aliphatic rings. The summed E-state index contributed by atoms with van der Waals surface area (Å²) in [6, 6.07) is 0. The van der Waals surface area contributed by atoms with E-state index in [1.807, 2.05) is 12.2 Å². The molecule has 2 unspecified atom stereocenters. The predicted molar refractivity (Wildman–Crippen MR) is 243 cm³/mol. The minimum atomic E-state index is -4.68. The Kier molecular flexibility index (Phi) is 40.7. The zero-order valence-corrected chi connectivity index (χ0v) is 37.9. The first-order chi connectivity index (χ1) is 29.1. The Hall–Kier alpha value is -2.89. The van der Waals surface area contributed by atoms with Crippen LogP contribution < -0.4 is 0 Å². The van der Waals surface area contributed by atoms with E-state index in [-0.39, 0.29) is 19.3 Å². The highest BCUT2D eigenvalue weighted by Gasteiger charge is 2.27. The number of phosphoric ester groups is 1. The molecule has 0 saturated heterocycles. The molecule has 0 saturated carbocycles. The van der Waals surface area contributed by atoms with Crippen LogP contribution in [-0.4, -0.2) is 76.9 Å². The molecule has 0 aliphatic carbocycles. The summed E-state index contributed by atoms with van der Waals surface area (Å²) in [6.07, 6.45) is 47.3. The highest BCUT2D eigenvalue weighted by molar-refractivity contribution is 7.47. The number of ether oxygens (including phenoxy) is 2. The molecule has 0 amide bonds. The van der Waals surface area contributed by atoms with Gasteiger partial charge >= 0.3 is 19.8 Å². The molecule has 0 aromatic heterocycles. The van der Waals surface area contributed by atoms with Gasteiger partial charge < -0.3 is 29.7 Å². The second-order valence-electron chi connectivity index (χ2n) is 14.9. The molecular weight excluding hydrogens is 783 g/mol. The standard InChI is InChI=1S/C48H81O11P/c1-3-5-7-9-11-13-15-17-19-21-23-25-27-29-31-33-35-37-48(53)59-46(43-58-60(54,55)57-41-45(51)40-49)42-56-47(52)39-38-44(50)36-34-32-30-28-26-24-22-20-18-16-14-12-10-8-6-4-2/h6,8,12,14,17-20,24,26,30,32,34,36,44-46,49-51H,3-5,7,9-11,13,15-16,21-23,25,27-29,31,33,35,37-43H2,1-2H3,(H,54,55)/b8-6-,14-12-,19-17-,20-18-,26-24-,32-30-,36-34-/t44?,45-,46+/m0/s1. The summed E-state index contributed by atoms with van der Waals surface area (Å²) in [7, 11) is -4.68. The number of esters is 2. The molecule has 0 bridgehead atoms. The first kappa shape index (κ1) is 57.1. The van der Waals surface area contributed by atoms with Gasteiger partial charge in [0.25, 0.3) is 0 Å². The molecular formula is C48H81O11P. The summed E-state index contributed by atoms with van der Waals surface area (Å²) in [5, 5.41) is 28.6. The van der Waals surface area contributed by atoms with Crippen LogP contribution in [0.2, 0.25) is 0 Å². The molecule has 11 nitrogen and oxygen atoms in total. The molecule has 4 atom stereocenters. The highest BCUT2D eigenvalue weighted by atomic mass is 31.2. The molecule has 344 valence electrons. The van der Waals surface area contributed by atoms with E-state index in [2.05, 4.69) is 79.1 Å². The van der Waals surface area contributed by atoms with Crippen LogP contribution in [0.3, 0.4) is 0 Å². The van der Waals surface area contributed by atoms with Crippen molar-refractivity contribution in [3.8, 4) is 0 Å². The average Bonchev–Trinajstić information content (AvgIpc) is 3.23.